The van der Waals surface area contributed by atoms with Crippen LogP contribution in [0.5, 0.6) is 0 Å². The van der Waals surface area contributed by atoms with E-state index in [1.165, 1.54) is 5.56 Å². The number of hydrogen-bond acceptors (Lipinski definition) is 3. The van der Waals surface area contributed by atoms with Crippen molar-refractivity contribution >= 4 is 11.6 Å². The zero-order chi connectivity index (χ0) is 12.3. The van der Waals surface area contributed by atoms with E-state index in [0.717, 1.165) is 5.76 Å². The first-order valence-electron chi connectivity index (χ1n) is 5.55. The lowest BCUT2D eigenvalue weighted by molar-refractivity contribution is 0.396. The highest BCUT2D eigenvalue weighted by Crippen LogP contribution is 2.31. The Morgan fingerprint density at radius 1 is 1.24 bits per heavy atom. The summed E-state index contributed by atoms with van der Waals surface area (Å²) >= 11 is 5.81. The Hall–Kier alpha value is -1.32. The second-order valence-corrected chi connectivity index (χ2v) is 4.35. The van der Waals surface area contributed by atoms with Crippen LogP contribution in [-0.2, 0) is 0 Å². The van der Waals surface area contributed by atoms with Crippen molar-refractivity contribution in [2.45, 2.75) is 18.9 Å². The normalized spacial score (nSPS) is 14.5. The van der Waals surface area contributed by atoms with E-state index in [1.807, 2.05) is 25.2 Å². The Morgan fingerprint density at radius 3 is 2.47 bits per heavy atom. The first kappa shape index (κ1) is 12.1. The highest BCUT2D eigenvalue weighted by Gasteiger charge is 2.22. The second-order valence-electron chi connectivity index (χ2n) is 3.98. The van der Waals surface area contributed by atoms with Crippen LogP contribution in [0.4, 0.5) is 0 Å². The molecule has 3 nitrogen and oxygen atoms in total. The van der Waals surface area contributed by atoms with Crippen molar-refractivity contribution < 1.29 is 4.42 Å². The third kappa shape index (κ3) is 2.68. The number of nitrogens with one attached hydrogen (secondary N) is 1. The van der Waals surface area contributed by atoms with E-state index >= 15 is 0 Å². The van der Waals surface area contributed by atoms with Crippen LogP contribution in [0.15, 0.2) is 41.1 Å². The van der Waals surface area contributed by atoms with Crippen molar-refractivity contribution in [2.75, 3.05) is 7.05 Å². The van der Waals surface area contributed by atoms with Gasteiger partial charge >= 0.3 is 0 Å². The third-order valence-corrected chi connectivity index (χ3v) is 3.15. The van der Waals surface area contributed by atoms with Crippen molar-refractivity contribution in [3.63, 3.8) is 0 Å². The van der Waals surface area contributed by atoms with E-state index in [-0.39, 0.29) is 12.0 Å². The molecule has 0 amide bonds. The molecule has 0 aromatic carbocycles. The minimum absolute atomic E-state index is 0.102. The maximum atomic E-state index is 5.81. The van der Waals surface area contributed by atoms with Crippen LogP contribution < -0.4 is 5.32 Å². The van der Waals surface area contributed by atoms with Crippen LogP contribution in [-0.4, -0.2) is 12.0 Å². The Labute approximate surface area is 106 Å². The van der Waals surface area contributed by atoms with Crippen molar-refractivity contribution in [3.8, 4) is 0 Å². The molecule has 0 fully saturated rings. The molecule has 2 rings (SSSR count). The van der Waals surface area contributed by atoms with Crippen molar-refractivity contribution in [3.05, 3.63) is 53.2 Å². The van der Waals surface area contributed by atoms with Gasteiger partial charge in [0.15, 0.2) is 5.22 Å². The summed E-state index contributed by atoms with van der Waals surface area (Å²) < 4.78 is 5.47. The first-order valence-corrected chi connectivity index (χ1v) is 5.92. The average Bonchev–Trinajstić information content (AvgIpc) is 2.78. The molecule has 0 aliphatic heterocycles. The highest BCUT2D eigenvalue weighted by molar-refractivity contribution is 6.28. The molecule has 0 saturated carbocycles. The lowest BCUT2D eigenvalue weighted by atomic mass is 9.92. The van der Waals surface area contributed by atoms with E-state index in [4.69, 9.17) is 16.0 Å². The van der Waals surface area contributed by atoms with Crippen molar-refractivity contribution in [2.24, 2.45) is 0 Å². The summed E-state index contributed by atoms with van der Waals surface area (Å²) in [4.78, 5) is 4.02. The zero-order valence-corrected chi connectivity index (χ0v) is 10.6. The molecule has 0 aliphatic rings. The molecule has 2 aromatic heterocycles. The minimum Gasteiger partial charge on any atom is -0.448 e. The predicted octanol–water partition coefficient (Wildman–Crippen LogP) is 3.39. The Kier molecular flexibility index (Phi) is 3.82. The zero-order valence-electron chi connectivity index (χ0n) is 9.85. The van der Waals surface area contributed by atoms with Gasteiger partial charge in [-0.2, -0.15) is 0 Å². The van der Waals surface area contributed by atoms with Gasteiger partial charge in [0.2, 0.25) is 0 Å². The molecular weight excluding hydrogens is 236 g/mol. The summed E-state index contributed by atoms with van der Waals surface area (Å²) in [7, 11) is 1.92. The molecule has 1 N–H and O–H groups in total. The monoisotopic (exact) mass is 250 g/mol. The summed E-state index contributed by atoms with van der Waals surface area (Å²) in [6.45, 7) is 2.15. The van der Waals surface area contributed by atoms with Crippen LogP contribution in [0.2, 0.25) is 5.22 Å². The molecule has 2 aromatic rings. The van der Waals surface area contributed by atoms with Gasteiger partial charge in [-0.15, -0.1) is 0 Å². The van der Waals surface area contributed by atoms with Gasteiger partial charge in [-0.1, -0.05) is 6.92 Å². The molecular formula is C13H15ClN2O. The largest absolute Gasteiger partial charge is 0.448 e. The topological polar surface area (TPSA) is 38.1 Å². The fraction of sp³-hybridized carbons (Fsp3) is 0.308. The maximum Gasteiger partial charge on any atom is 0.193 e. The molecule has 0 bridgehead atoms. The van der Waals surface area contributed by atoms with Gasteiger partial charge in [-0.05, 0) is 48.5 Å². The molecule has 90 valence electrons. The van der Waals surface area contributed by atoms with Gasteiger partial charge in [0.25, 0.3) is 0 Å². The number of nitrogens with zero attached hydrogens (tertiary/aromatic N) is 1. The molecule has 0 spiro atoms. The summed E-state index contributed by atoms with van der Waals surface area (Å²) in [5, 5.41) is 3.68. The van der Waals surface area contributed by atoms with Crippen LogP contribution in [0.25, 0.3) is 0 Å². The van der Waals surface area contributed by atoms with Crippen molar-refractivity contribution in [1.29, 1.82) is 0 Å². The number of likely N-dealkylation sites (N-methyl/N-ethyl adjacent to an activating group) is 1. The number of hydrogen-bond donors (Lipinski definition) is 1. The number of aromatic nitrogens is 1. The molecule has 0 saturated heterocycles. The van der Waals surface area contributed by atoms with Crippen LogP contribution in [0.3, 0.4) is 0 Å². The Morgan fingerprint density at radius 2 is 1.94 bits per heavy atom. The maximum absolute atomic E-state index is 5.81. The Balaban J connectivity index is 2.25. The number of halogens is 1. The van der Waals surface area contributed by atoms with Crippen molar-refractivity contribution in [1.82, 2.24) is 10.3 Å². The van der Waals surface area contributed by atoms with E-state index in [1.54, 1.807) is 18.5 Å². The highest BCUT2D eigenvalue weighted by atomic mass is 35.5. The second kappa shape index (κ2) is 5.34. The van der Waals surface area contributed by atoms with Gasteiger partial charge in [-0.3, -0.25) is 4.98 Å². The van der Waals surface area contributed by atoms with E-state index in [0.29, 0.717) is 5.22 Å². The number of furan rings is 1. The lowest BCUT2D eigenvalue weighted by Gasteiger charge is -2.21. The first-order chi connectivity index (χ1) is 8.22. The Bertz CT molecular complexity index is 469. The van der Waals surface area contributed by atoms with Crippen LogP contribution in [0.1, 0.15) is 30.2 Å². The fourth-order valence-corrected chi connectivity index (χ4v) is 2.15. The van der Waals surface area contributed by atoms with Crippen LogP contribution >= 0.6 is 11.6 Å². The van der Waals surface area contributed by atoms with E-state index < -0.39 is 0 Å². The summed E-state index contributed by atoms with van der Waals surface area (Å²) in [5.74, 6) is 1.13. The number of pyridine rings is 1. The smallest absolute Gasteiger partial charge is 0.193 e. The summed E-state index contributed by atoms with van der Waals surface area (Å²) in [5.41, 5.74) is 1.21. The summed E-state index contributed by atoms with van der Waals surface area (Å²) in [6.07, 6.45) is 3.60. The third-order valence-electron chi connectivity index (χ3n) is 2.94. The average molecular weight is 251 g/mol. The molecule has 4 heteroatoms. The van der Waals surface area contributed by atoms with Gasteiger partial charge in [0.1, 0.15) is 5.76 Å². The lowest BCUT2D eigenvalue weighted by Crippen LogP contribution is -2.21. The fourth-order valence-electron chi connectivity index (χ4n) is 1.99. The summed E-state index contributed by atoms with van der Waals surface area (Å²) in [6, 6.07) is 7.80. The SMILES string of the molecule is CNC(c1ccc(Cl)o1)C(C)c1ccncc1. The van der Waals surface area contributed by atoms with Gasteiger partial charge < -0.3 is 9.73 Å². The van der Waals surface area contributed by atoms with E-state index in [9.17, 15) is 0 Å². The molecule has 0 radical (unpaired) electrons. The standard InChI is InChI=1S/C13H15ClN2O/c1-9(10-5-7-16-8-6-10)13(15-2)11-3-4-12(14)17-11/h3-9,13,15H,1-2H3. The van der Waals surface area contributed by atoms with Gasteiger partial charge in [-0.25, -0.2) is 0 Å². The molecule has 17 heavy (non-hydrogen) atoms. The minimum atomic E-state index is 0.102. The van der Waals surface area contributed by atoms with E-state index in [2.05, 4.69) is 17.2 Å². The molecule has 2 heterocycles. The van der Waals surface area contributed by atoms with Crippen LogP contribution in [0, 0.1) is 0 Å². The number of rotatable bonds is 4. The quantitative estimate of drug-likeness (QED) is 0.904. The predicted molar refractivity (Wildman–Crippen MR) is 68.2 cm³/mol. The molecule has 0 aliphatic carbocycles. The molecule has 2 atom stereocenters. The van der Waals surface area contributed by atoms with Gasteiger partial charge in [0, 0.05) is 18.3 Å². The van der Waals surface area contributed by atoms with Gasteiger partial charge in [0.05, 0.1) is 6.04 Å². The molecule has 2 unspecified atom stereocenters.